The molecule has 1 unspecified atom stereocenters. The number of sulfone groups is 1. The average Bonchev–Trinajstić information content (AvgIpc) is 3.52. The molecule has 16 heteroatoms. The van der Waals surface area contributed by atoms with Crippen molar-refractivity contribution < 1.29 is 41.9 Å². The van der Waals surface area contributed by atoms with Crippen molar-refractivity contribution in [1.82, 2.24) is 21.3 Å². The fourth-order valence-electron chi connectivity index (χ4n) is 5.40. The van der Waals surface area contributed by atoms with Crippen molar-refractivity contribution in [3.05, 3.63) is 65.2 Å². The monoisotopic (exact) mass is 757 g/mol. The van der Waals surface area contributed by atoms with Gasteiger partial charge < -0.3 is 31.7 Å². The van der Waals surface area contributed by atoms with E-state index in [4.69, 9.17) is 10.5 Å². The van der Waals surface area contributed by atoms with Crippen molar-refractivity contribution in [3.8, 4) is 0 Å². The predicted molar refractivity (Wildman–Crippen MR) is 199 cm³/mol. The standard InChI is InChI=1S/C36H47N5O9S2/c1-52(48,49)27-16-14-24(15-17-27)28-22-50-36(47)34(28)25-10-12-26(13-11-25)35(46)41-29(9-7-5-3-2-4-6-8-18-37)30(42)19-38-31(43)20-39-32(44)21-40-33(45)23-51/h10-17,29,51H,2-9,18-23,37H2,1H3,(H,38,43)(H,39,44)(H,40,45)(H,41,46). The highest BCUT2D eigenvalue weighted by molar-refractivity contribution is 7.90. The summed E-state index contributed by atoms with van der Waals surface area (Å²) in [6.45, 7) is -0.438. The molecule has 0 fully saturated rings. The van der Waals surface area contributed by atoms with Crippen molar-refractivity contribution in [3.63, 3.8) is 0 Å². The summed E-state index contributed by atoms with van der Waals surface area (Å²) in [6, 6.07) is 11.5. The van der Waals surface area contributed by atoms with Crippen LogP contribution in [-0.4, -0.2) is 94.6 Å². The maximum Gasteiger partial charge on any atom is 0.339 e. The predicted octanol–water partition coefficient (Wildman–Crippen LogP) is 1.58. The van der Waals surface area contributed by atoms with Crippen molar-refractivity contribution in [2.75, 3.05) is 44.8 Å². The number of unbranched alkanes of at least 4 members (excludes halogenated alkanes) is 6. The molecule has 1 heterocycles. The highest BCUT2D eigenvalue weighted by Crippen LogP contribution is 2.33. The number of amides is 4. The van der Waals surface area contributed by atoms with Crippen LogP contribution in [0.3, 0.4) is 0 Å². The lowest BCUT2D eigenvalue weighted by Gasteiger charge is -2.18. The summed E-state index contributed by atoms with van der Waals surface area (Å²) in [6.07, 6.45) is 8.10. The minimum Gasteiger partial charge on any atom is -0.457 e. The molecule has 2 aromatic carbocycles. The number of nitrogens with one attached hydrogen (secondary N) is 4. The number of ketones is 1. The van der Waals surface area contributed by atoms with Crippen molar-refractivity contribution in [1.29, 1.82) is 0 Å². The third kappa shape index (κ3) is 13.5. The van der Waals surface area contributed by atoms with Gasteiger partial charge in [0.2, 0.25) is 17.7 Å². The molecule has 2 aromatic rings. The van der Waals surface area contributed by atoms with E-state index in [0.717, 1.165) is 44.8 Å². The van der Waals surface area contributed by atoms with E-state index in [-0.39, 0.29) is 35.9 Å². The molecule has 0 saturated carbocycles. The Balaban J connectivity index is 1.65. The van der Waals surface area contributed by atoms with Crippen molar-refractivity contribution >= 4 is 69.0 Å². The second-order valence-electron chi connectivity index (χ2n) is 12.3. The summed E-state index contributed by atoms with van der Waals surface area (Å²) in [5.74, 6) is -3.22. The molecule has 0 saturated heterocycles. The first-order chi connectivity index (χ1) is 24.8. The molecule has 6 N–H and O–H groups in total. The molecule has 0 aliphatic carbocycles. The molecule has 1 aliphatic rings. The molecule has 4 amide bonds. The molecule has 1 atom stereocenters. The number of ether oxygens (including phenoxy) is 1. The largest absolute Gasteiger partial charge is 0.457 e. The molecule has 3 rings (SSSR count). The van der Waals surface area contributed by atoms with Crippen LogP contribution in [0.1, 0.15) is 72.9 Å². The number of thiol groups is 1. The zero-order valence-corrected chi connectivity index (χ0v) is 30.9. The van der Waals surface area contributed by atoms with Crippen LogP contribution in [0.25, 0.3) is 11.1 Å². The van der Waals surface area contributed by atoms with Crippen LogP contribution in [-0.2, 0) is 38.5 Å². The number of hydrogen-bond acceptors (Lipinski definition) is 11. The molecule has 1 aliphatic heterocycles. The fourth-order valence-corrected chi connectivity index (χ4v) is 6.14. The van der Waals surface area contributed by atoms with Crippen LogP contribution < -0.4 is 27.0 Å². The van der Waals surface area contributed by atoms with Gasteiger partial charge in [-0.25, -0.2) is 13.2 Å². The number of nitrogens with two attached hydrogens (primary N) is 1. The van der Waals surface area contributed by atoms with E-state index in [1.807, 2.05) is 0 Å². The zero-order valence-electron chi connectivity index (χ0n) is 29.2. The van der Waals surface area contributed by atoms with Crippen molar-refractivity contribution in [2.24, 2.45) is 5.73 Å². The highest BCUT2D eigenvalue weighted by Gasteiger charge is 2.28. The van der Waals surface area contributed by atoms with Gasteiger partial charge in [-0.3, -0.25) is 24.0 Å². The Morgan fingerprint density at radius 2 is 1.31 bits per heavy atom. The van der Waals surface area contributed by atoms with Gasteiger partial charge in [-0.05, 0) is 54.8 Å². The highest BCUT2D eigenvalue weighted by atomic mass is 32.2. The van der Waals surface area contributed by atoms with E-state index in [1.54, 1.807) is 24.3 Å². The van der Waals surface area contributed by atoms with Gasteiger partial charge in [0.25, 0.3) is 5.91 Å². The first-order valence-corrected chi connectivity index (χ1v) is 19.6. The van der Waals surface area contributed by atoms with Gasteiger partial charge >= 0.3 is 5.97 Å². The normalized spacial score (nSPS) is 13.2. The summed E-state index contributed by atoms with van der Waals surface area (Å²) < 4.78 is 29.0. The van der Waals surface area contributed by atoms with Gasteiger partial charge in [-0.1, -0.05) is 62.8 Å². The van der Waals surface area contributed by atoms with Crippen LogP contribution in [0.2, 0.25) is 0 Å². The van der Waals surface area contributed by atoms with Crippen LogP contribution >= 0.6 is 12.6 Å². The molecule has 0 radical (unpaired) electrons. The SMILES string of the molecule is CS(=O)(=O)c1ccc(C2=C(c3ccc(C(=O)NC(CCCCCCCCCN)C(=O)CNC(=O)CNC(=O)CNC(=O)CS)cc3)C(=O)OC2)cc1. The molecule has 14 nitrogen and oxygen atoms in total. The van der Waals surface area contributed by atoms with Gasteiger partial charge in [-0.15, -0.1) is 0 Å². The Labute approximate surface area is 309 Å². The maximum absolute atomic E-state index is 13.3. The second-order valence-corrected chi connectivity index (χ2v) is 14.7. The lowest BCUT2D eigenvalue weighted by atomic mass is 9.96. The van der Waals surface area contributed by atoms with Gasteiger partial charge in [-0.2, -0.15) is 12.6 Å². The third-order valence-corrected chi connectivity index (χ3v) is 9.72. The first-order valence-electron chi connectivity index (χ1n) is 17.1. The maximum atomic E-state index is 13.3. The molecule has 0 spiro atoms. The minimum absolute atomic E-state index is 0.00363. The van der Waals surface area contributed by atoms with Crippen LogP contribution in [0.4, 0.5) is 0 Å². The minimum atomic E-state index is -3.40. The number of cyclic esters (lactones) is 1. The summed E-state index contributed by atoms with van der Waals surface area (Å²) in [5.41, 5.74) is 7.79. The lowest BCUT2D eigenvalue weighted by Crippen LogP contribution is -2.47. The van der Waals surface area contributed by atoms with Crippen LogP contribution in [0, 0.1) is 0 Å². The average molecular weight is 758 g/mol. The molecule has 0 aromatic heterocycles. The topological polar surface area (TPSA) is 220 Å². The Bertz CT molecular complexity index is 1730. The van der Waals surface area contributed by atoms with E-state index in [1.165, 1.54) is 24.3 Å². The Morgan fingerprint density at radius 3 is 1.88 bits per heavy atom. The molecule has 0 bridgehead atoms. The first kappa shape index (κ1) is 41.9. The van der Waals surface area contributed by atoms with Crippen molar-refractivity contribution in [2.45, 2.75) is 62.3 Å². The van der Waals surface area contributed by atoms with Gasteiger partial charge in [0.05, 0.1) is 41.9 Å². The zero-order chi connectivity index (χ0) is 38.1. The van der Waals surface area contributed by atoms with Gasteiger partial charge in [0.15, 0.2) is 15.6 Å². The van der Waals surface area contributed by atoms with E-state index in [9.17, 15) is 37.2 Å². The third-order valence-electron chi connectivity index (χ3n) is 8.31. The van der Waals surface area contributed by atoms with E-state index >= 15 is 0 Å². The van der Waals surface area contributed by atoms with Gasteiger partial charge in [0.1, 0.15) is 6.61 Å². The number of Topliss-reactive ketones (excluding diaryl/α,β-unsaturated/α-hetero) is 1. The number of esters is 1. The molecular formula is C36H47N5O9S2. The Kier molecular flexibility index (Phi) is 17.0. The summed E-state index contributed by atoms with van der Waals surface area (Å²) in [4.78, 5) is 74.9. The fraction of sp³-hybridized carbons (Fsp3) is 0.444. The van der Waals surface area contributed by atoms with E-state index < -0.39 is 57.8 Å². The number of rotatable bonds is 22. The van der Waals surface area contributed by atoms with Gasteiger partial charge in [0, 0.05) is 17.4 Å². The molecule has 282 valence electrons. The molecular weight excluding hydrogens is 711 g/mol. The quantitative estimate of drug-likeness (QED) is 0.0579. The van der Waals surface area contributed by atoms with Crippen LogP contribution in [0.5, 0.6) is 0 Å². The Hall–Kier alpha value is -4.54. The number of benzene rings is 2. The Morgan fingerprint density at radius 1 is 0.769 bits per heavy atom. The summed E-state index contributed by atoms with van der Waals surface area (Å²) >= 11 is 3.80. The smallest absolute Gasteiger partial charge is 0.339 e. The summed E-state index contributed by atoms with van der Waals surface area (Å²) in [5, 5.41) is 9.93. The van der Waals surface area contributed by atoms with E-state index in [0.29, 0.717) is 41.7 Å². The summed E-state index contributed by atoms with van der Waals surface area (Å²) in [7, 11) is -3.40. The number of carbonyl (C=O) groups excluding carboxylic acids is 6. The lowest BCUT2D eigenvalue weighted by molar-refractivity contribution is -0.134. The van der Waals surface area contributed by atoms with E-state index in [2.05, 4.69) is 33.9 Å². The second kappa shape index (κ2) is 21.1. The number of hydrogen-bond donors (Lipinski definition) is 6. The number of carbonyl (C=O) groups is 6. The van der Waals surface area contributed by atoms with Crippen LogP contribution in [0.15, 0.2) is 53.4 Å². The molecule has 52 heavy (non-hydrogen) atoms.